The third-order valence-corrected chi connectivity index (χ3v) is 3.34. The molecule has 0 atom stereocenters. The molecule has 1 aromatic heterocycles. The van der Waals surface area contributed by atoms with Crippen LogP contribution in [0.5, 0.6) is 5.75 Å². The van der Waals surface area contributed by atoms with E-state index >= 15 is 0 Å². The van der Waals surface area contributed by atoms with Gasteiger partial charge in [-0.2, -0.15) is 0 Å². The van der Waals surface area contributed by atoms with Gasteiger partial charge < -0.3 is 20.2 Å². The molecule has 4 nitrogen and oxygen atoms in total. The molecule has 0 unspecified atom stereocenters. The van der Waals surface area contributed by atoms with Crippen molar-refractivity contribution in [1.82, 2.24) is 0 Å². The van der Waals surface area contributed by atoms with E-state index in [9.17, 15) is 0 Å². The number of rotatable bonds is 6. The van der Waals surface area contributed by atoms with Crippen LogP contribution in [0.2, 0.25) is 0 Å². The SMILES string of the molecule is C=C(OC)c1scc(C(=CC=N)[NH2+]C)c1OC. The molecule has 0 spiro atoms. The third-order valence-electron chi connectivity index (χ3n) is 2.33. The first-order valence-electron chi connectivity index (χ1n) is 5.08. The second kappa shape index (κ2) is 6.22. The topological polar surface area (TPSA) is 58.9 Å². The normalized spacial score (nSPS) is 11.1. The predicted molar refractivity (Wildman–Crippen MR) is 71.5 cm³/mol. The fourth-order valence-electron chi connectivity index (χ4n) is 1.47. The summed E-state index contributed by atoms with van der Waals surface area (Å²) < 4.78 is 10.5. The van der Waals surface area contributed by atoms with Crippen LogP contribution in [0.4, 0.5) is 0 Å². The Labute approximate surface area is 105 Å². The van der Waals surface area contributed by atoms with Gasteiger partial charge in [0.1, 0.15) is 16.3 Å². The summed E-state index contributed by atoms with van der Waals surface area (Å²) in [7, 11) is 5.13. The maximum atomic E-state index is 7.14. The minimum absolute atomic E-state index is 0.586. The summed E-state index contributed by atoms with van der Waals surface area (Å²) in [6.07, 6.45) is 2.99. The number of quaternary nitrogens is 1. The molecule has 0 aliphatic rings. The summed E-state index contributed by atoms with van der Waals surface area (Å²) in [5.74, 6) is 1.33. The summed E-state index contributed by atoms with van der Waals surface area (Å²) in [5, 5.41) is 11.1. The predicted octanol–water partition coefficient (Wildman–Crippen LogP) is 1.56. The van der Waals surface area contributed by atoms with Crippen LogP contribution in [0.1, 0.15) is 10.4 Å². The number of thiophene rings is 1. The summed E-state index contributed by atoms with van der Waals surface area (Å²) in [5.41, 5.74) is 1.90. The standard InChI is InChI=1S/C12H16N2O2S/c1-8(15-3)12-11(16-4)9(7-17-12)10(14-2)5-6-13/h5-7,13-14H,1H2,2-4H3/p+1. The fraction of sp³-hybridized carbons (Fsp3) is 0.250. The second-order valence-electron chi connectivity index (χ2n) is 3.22. The molecule has 0 bridgehead atoms. The van der Waals surface area contributed by atoms with Crippen molar-refractivity contribution in [3.05, 3.63) is 28.5 Å². The molecule has 0 aliphatic heterocycles. The van der Waals surface area contributed by atoms with Gasteiger partial charge in [0.15, 0.2) is 5.75 Å². The van der Waals surface area contributed by atoms with Crippen LogP contribution in [0, 0.1) is 5.41 Å². The van der Waals surface area contributed by atoms with E-state index in [1.807, 2.05) is 17.7 Å². The summed E-state index contributed by atoms with van der Waals surface area (Å²) in [4.78, 5) is 0.878. The molecule has 0 aliphatic carbocycles. The van der Waals surface area contributed by atoms with E-state index in [1.165, 1.54) is 17.6 Å². The molecular weight excluding hydrogens is 236 g/mol. The smallest absolute Gasteiger partial charge is 0.153 e. The highest BCUT2D eigenvalue weighted by atomic mass is 32.1. The van der Waals surface area contributed by atoms with E-state index in [0.29, 0.717) is 5.76 Å². The van der Waals surface area contributed by atoms with Gasteiger partial charge in [-0.15, -0.1) is 11.3 Å². The summed E-state index contributed by atoms with van der Waals surface area (Å²) >= 11 is 1.52. The molecule has 3 N–H and O–H groups in total. The van der Waals surface area contributed by atoms with Crippen LogP contribution in [-0.4, -0.2) is 27.5 Å². The van der Waals surface area contributed by atoms with Gasteiger partial charge in [-0.3, -0.25) is 0 Å². The van der Waals surface area contributed by atoms with Gasteiger partial charge in [0.2, 0.25) is 0 Å². The van der Waals surface area contributed by atoms with Crippen molar-refractivity contribution in [2.45, 2.75) is 0 Å². The minimum atomic E-state index is 0.586. The molecular formula is C12H17N2O2S+. The average Bonchev–Trinajstić information content (AvgIpc) is 2.78. The lowest BCUT2D eigenvalue weighted by molar-refractivity contribution is -0.530. The highest BCUT2D eigenvalue weighted by molar-refractivity contribution is 7.11. The first-order chi connectivity index (χ1) is 8.19. The van der Waals surface area contributed by atoms with Crippen LogP contribution < -0.4 is 10.1 Å². The molecule has 0 amide bonds. The number of hydrogen-bond acceptors (Lipinski definition) is 4. The van der Waals surface area contributed by atoms with Crippen molar-refractivity contribution < 1.29 is 14.8 Å². The van der Waals surface area contributed by atoms with E-state index < -0.39 is 0 Å². The van der Waals surface area contributed by atoms with Gasteiger partial charge >= 0.3 is 0 Å². The van der Waals surface area contributed by atoms with Gasteiger partial charge in [0.25, 0.3) is 0 Å². The molecule has 17 heavy (non-hydrogen) atoms. The minimum Gasteiger partial charge on any atom is -0.496 e. The average molecular weight is 253 g/mol. The van der Waals surface area contributed by atoms with Gasteiger partial charge in [0.05, 0.1) is 26.8 Å². The van der Waals surface area contributed by atoms with Crippen LogP contribution in [0.3, 0.4) is 0 Å². The van der Waals surface area contributed by atoms with E-state index in [2.05, 4.69) is 6.58 Å². The number of methoxy groups -OCH3 is 2. The largest absolute Gasteiger partial charge is 0.496 e. The van der Waals surface area contributed by atoms with Gasteiger partial charge in [-0.25, -0.2) is 0 Å². The molecule has 1 heterocycles. The van der Waals surface area contributed by atoms with Crippen molar-refractivity contribution in [1.29, 1.82) is 5.41 Å². The molecule has 0 saturated carbocycles. The number of nitrogens with two attached hydrogens (primary N) is 1. The molecule has 5 heteroatoms. The number of hydrogen-bond donors (Lipinski definition) is 2. The Balaban J connectivity index is 3.26. The Morgan fingerprint density at radius 2 is 2.24 bits per heavy atom. The highest BCUT2D eigenvalue weighted by Crippen LogP contribution is 2.37. The van der Waals surface area contributed by atoms with Crippen molar-refractivity contribution in [3.63, 3.8) is 0 Å². The Hall–Kier alpha value is -1.59. The highest BCUT2D eigenvalue weighted by Gasteiger charge is 2.19. The molecule has 92 valence electrons. The van der Waals surface area contributed by atoms with Gasteiger partial charge in [-0.1, -0.05) is 6.58 Å². The monoisotopic (exact) mass is 253 g/mol. The second-order valence-corrected chi connectivity index (χ2v) is 4.10. The zero-order chi connectivity index (χ0) is 12.8. The Bertz CT molecular complexity index is 449. The number of allylic oxidation sites excluding steroid dienone is 1. The quantitative estimate of drug-likeness (QED) is 0.597. The molecule has 1 rings (SSSR count). The lowest BCUT2D eigenvalue weighted by Gasteiger charge is -2.07. The zero-order valence-electron chi connectivity index (χ0n) is 10.2. The van der Waals surface area contributed by atoms with E-state index in [-0.39, 0.29) is 0 Å². The van der Waals surface area contributed by atoms with Crippen molar-refractivity contribution in [2.24, 2.45) is 0 Å². The van der Waals surface area contributed by atoms with Crippen molar-refractivity contribution in [2.75, 3.05) is 21.3 Å². The fourth-order valence-corrected chi connectivity index (χ4v) is 2.46. The number of nitrogens with one attached hydrogen (secondary N) is 1. The molecule has 1 aromatic rings. The van der Waals surface area contributed by atoms with Gasteiger partial charge in [-0.05, 0) is 0 Å². The lowest BCUT2D eigenvalue weighted by Crippen LogP contribution is -2.76. The first-order valence-corrected chi connectivity index (χ1v) is 5.96. The van der Waals surface area contributed by atoms with Crippen LogP contribution >= 0.6 is 11.3 Å². The molecule has 0 saturated heterocycles. The van der Waals surface area contributed by atoms with Crippen molar-refractivity contribution in [3.8, 4) is 5.75 Å². The van der Waals surface area contributed by atoms with Crippen LogP contribution in [-0.2, 0) is 4.74 Å². The van der Waals surface area contributed by atoms with Crippen LogP contribution in [0.25, 0.3) is 11.5 Å². The molecule has 0 fully saturated rings. The molecule has 0 radical (unpaired) electrons. The maximum absolute atomic E-state index is 7.14. The summed E-state index contributed by atoms with van der Waals surface area (Å²) in [6.45, 7) is 3.83. The van der Waals surface area contributed by atoms with E-state index in [1.54, 1.807) is 20.3 Å². The van der Waals surface area contributed by atoms with Gasteiger partial charge in [0, 0.05) is 17.7 Å². The Morgan fingerprint density at radius 1 is 1.53 bits per heavy atom. The van der Waals surface area contributed by atoms with Crippen molar-refractivity contribution >= 4 is 29.0 Å². The number of ether oxygens (including phenoxy) is 2. The van der Waals surface area contributed by atoms with E-state index in [4.69, 9.17) is 14.9 Å². The first kappa shape index (κ1) is 13.5. The zero-order valence-corrected chi connectivity index (χ0v) is 11.1. The summed E-state index contributed by atoms with van der Waals surface area (Å²) in [6, 6.07) is 0. The maximum Gasteiger partial charge on any atom is 0.153 e. The molecule has 0 aromatic carbocycles. The van der Waals surface area contributed by atoms with E-state index in [0.717, 1.165) is 21.9 Å². The Kier molecular flexibility index (Phi) is 4.93. The lowest BCUT2D eigenvalue weighted by atomic mass is 10.2. The van der Waals surface area contributed by atoms with Crippen LogP contribution in [0.15, 0.2) is 18.0 Å². The third kappa shape index (κ3) is 2.75. The Morgan fingerprint density at radius 3 is 2.71 bits per heavy atom.